The van der Waals surface area contributed by atoms with Crippen LogP contribution in [0.3, 0.4) is 0 Å². The standard InChI is InChI=1S/C11H11N5O/c1-2-9(16-7-6-13-10(16)3-1)12-5-4-11-14-8-15-17-11/h1-3,6-8,12H,4-5H2. The number of pyridine rings is 1. The molecule has 0 unspecified atom stereocenters. The Labute approximate surface area is 97.3 Å². The SMILES string of the molecule is c1cc(NCCc2ncno2)n2ccnc2c1. The lowest BCUT2D eigenvalue weighted by atomic mass is 10.4. The van der Waals surface area contributed by atoms with Crippen LogP contribution >= 0.6 is 0 Å². The summed E-state index contributed by atoms with van der Waals surface area (Å²) in [5, 5.41) is 6.87. The van der Waals surface area contributed by atoms with Gasteiger partial charge in [-0.15, -0.1) is 0 Å². The van der Waals surface area contributed by atoms with Crippen molar-refractivity contribution in [1.82, 2.24) is 19.5 Å². The molecule has 0 amide bonds. The van der Waals surface area contributed by atoms with Gasteiger partial charge < -0.3 is 9.84 Å². The van der Waals surface area contributed by atoms with Crippen LogP contribution in [0.15, 0.2) is 41.4 Å². The van der Waals surface area contributed by atoms with Crippen LogP contribution in [-0.4, -0.2) is 26.1 Å². The smallest absolute Gasteiger partial charge is 0.228 e. The second kappa shape index (κ2) is 4.25. The van der Waals surface area contributed by atoms with Crippen LogP contribution in [-0.2, 0) is 6.42 Å². The van der Waals surface area contributed by atoms with Crippen molar-refractivity contribution >= 4 is 11.5 Å². The number of imidazole rings is 1. The van der Waals surface area contributed by atoms with E-state index in [9.17, 15) is 0 Å². The minimum Gasteiger partial charge on any atom is -0.371 e. The maximum atomic E-state index is 4.92. The molecule has 86 valence electrons. The van der Waals surface area contributed by atoms with Crippen LogP contribution in [0.5, 0.6) is 0 Å². The van der Waals surface area contributed by atoms with Crippen LogP contribution in [0.25, 0.3) is 5.65 Å². The van der Waals surface area contributed by atoms with Gasteiger partial charge in [-0.05, 0) is 12.1 Å². The minimum absolute atomic E-state index is 0.635. The van der Waals surface area contributed by atoms with Crippen molar-refractivity contribution in [2.75, 3.05) is 11.9 Å². The molecule has 0 spiro atoms. The van der Waals surface area contributed by atoms with Gasteiger partial charge in [0.1, 0.15) is 11.5 Å². The van der Waals surface area contributed by atoms with Crippen molar-refractivity contribution in [1.29, 1.82) is 0 Å². The van der Waals surface area contributed by atoms with E-state index >= 15 is 0 Å². The highest BCUT2D eigenvalue weighted by molar-refractivity contribution is 5.49. The molecule has 0 aromatic carbocycles. The molecule has 3 rings (SSSR count). The average Bonchev–Trinajstić information content (AvgIpc) is 2.99. The average molecular weight is 229 g/mol. The predicted molar refractivity (Wildman–Crippen MR) is 61.7 cm³/mol. The third kappa shape index (κ3) is 1.96. The number of nitrogens with zero attached hydrogens (tertiary/aromatic N) is 4. The van der Waals surface area contributed by atoms with Crippen molar-refractivity contribution < 1.29 is 4.52 Å². The Morgan fingerprint density at radius 2 is 2.29 bits per heavy atom. The predicted octanol–water partition coefficient (Wildman–Crippen LogP) is 1.37. The molecule has 0 radical (unpaired) electrons. The Balaban J connectivity index is 1.70. The minimum atomic E-state index is 0.635. The van der Waals surface area contributed by atoms with Crippen LogP contribution in [0.2, 0.25) is 0 Å². The number of fused-ring (bicyclic) bond motifs is 1. The fraction of sp³-hybridized carbons (Fsp3) is 0.182. The summed E-state index contributed by atoms with van der Waals surface area (Å²) in [7, 11) is 0. The second-order valence-corrected chi connectivity index (χ2v) is 3.58. The summed E-state index contributed by atoms with van der Waals surface area (Å²) in [5.74, 6) is 1.63. The Morgan fingerprint density at radius 1 is 1.29 bits per heavy atom. The van der Waals surface area contributed by atoms with Crippen LogP contribution in [0.1, 0.15) is 5.89 Å². The molecule has 0 aliphatic heterocycles. The maximum Gasteiger partial charge on any atom is 0.228 e. The van der Waals surface area contributed by atoms with E-state index in [0.717, 1.165) is 18.0 Å². The fourth-order valence-electron chi connectivity index (χ4n) is 1.70. The topological polar surface area (TPSA) is 68.2 Å². The Bertz CT molecular complexity index is 601. The first kappa shape index (κ1) is 9.83. The van der Waals surface area contributed by atoms with Crippen molar-refractivity contribution in [3.63, 3.8) is 0 Å². The number of anilines is 1. The van der Waals surface area contributed by atoms with Gasteiger partial charge in [-0.1, -0.05) is 11.2 Å². The zero-order valence-corrected chi connectivity index (χ0v) is 9.08. The van der Waals surface area contributed by atoms with Gasteiger partial charge in [0.2, 0.25) is 5.89 Å². The van der Waals surface area contributed by atoms with Gasteiger partial charge in [0.15, 0.2) is 6.33 Å². The van der Waals surface area contributed by atoms with E-state index in [1.807, 2.05) is 28.8 Å². The molecule has 0 fully saturated rings. The van der Waals surface area contributed by atoms with Crippen LogP contribution < -0.4 is 5.32 Å². The summed E-state index contributed by atoms with van der Waals surface area (Å²) >= 11 is 0. The third-order valence-electron chi connectivity index (χ3n) is 2.48. The molecule has 1 N–H and O–H groups in total. The zero-order chi connectivity index (χ0) is 11.5. The normalized spacial score (nSPS) is 10.8. The molecule has 3 aromatic heterocycles. The highest BCUT2D eigenvalue weighted by atomic mass is 16.5. The number of aromatic nitrogens is 4. The first-order valence-electron chi connectivity index (χ1n) is 5.35. The van der Waals surface area contributed by atoms with E-state index in [4.69, 9.17) is 4.52 Å². The molecular formula is C11H11N5O. The Kier molecular flexibility index (Phi) is 2.45. The van der Waals surface area contributed by atoms with E-state index < -0.39 is 0 Å². The molecule has 3 aromatic rings. The lowest BCUT2D eigenvalue weighted by Gasteiger charge is -2.07. The molecular weight excluding hydrogens is 218 g/mol. The van der Waals surface area contributed by atoms with Gasteiger partial charge in [0.05, 0.1) is 0 Å². The van der Waals surface area contributed by atoms with Crippen molar-refractivity contribution in [2.24, 2.45) is 0 Å². The monoisotopic (exact) mass is 229 g/mol. The van der Waals surface area contributed by atoms with Gasteiger partial charge >= 0.3 is 0 Å². The van der Waals surface area contributed by atoms with E-state index in [2.05, 4.69) is 20.4 Å². The van der Waals surface area contributed by atoms with E-state index in [1.54, 1.807) is 6.20 Å². The highest BCUT2D eigenvalue weighted by Gasteiger charge is 2.01. The first-order chi connectivity index (χ1) is 8.43. The van der Waals surface area contributed by atoms with E-state index in [0.29, 0.717) is 12.3 Å². The third-order valence-corrected chi connectivity index (χ3v) is 2.48. The molecule has 0 aliphatic rings. The summed E-state index contributed by atoms with van der Waals surface area (Å²) in [6.45, 7) is 0.736. The zero-order valence-electron chi connectivity index (χ0n) is 9.08. The Hall–Kier alpha value is -2.37. The molecule has 6 nitrogen and oxygen atoms in total. The van der Waals surface area contributed by atoms with Gasteiger partial charge in [-0.25, -0.2) is 4.98 Å². The van der Waals surface area contributed by atoms with Crippen LogP contribution in [0, 0.1) is 0 Å². The maximum absolute atomic E-state index is 4.92. The molecule has 6 heteroatoms. The number of nitrogens with one attached hydrogen (secondary N) is 1. The number of hydrogen-bond donors (Lipinski definition) is 1. The lowest BCUT2D eigenvalue weighted by Crippen LogP contribution is -2.08. The van der Waals surface area contributed by atoms with E-state index in [1.165, 1.54) is 6.33 Å². The lowest BCUT2D eigenvalue weighted by molar-refractivity contribution is 0.379. The van der Waals surface area contributed by atoms with Gasteiger partial charge in [0, 0.05) is 25.4 Å². The van der Waals surface area contributed by atoms with Crippen molar-refractivity contribution in [3.8, 4) is 0 Å². The summed E-state index contributed by atoms with van der Waals surface area (Å²) in [6, 6.07) is 5.93. The summed E-state index contributed by atoms with van der Waals surface area (Å²) in [6.07, 6.45) is 5.81. The number of hydrogen-bond acceptors (Lipinski definition) is 5. The molecule has 0 saturated heterocycles. The molecule has 3 heterocycles. The molecule has 0 saturated carbocycles. The summed E-state index contributed by atoms with van der Waals surface area (Å²) in [5.41, 5.74) is 0.924. The number of rotatable bonds is 4. The van der Waals surface area contributed by atoms with Crippen molar-refractivity contribution in [2.45, 2.75) is 6.42 Å². The first-order valence-corrected chi connectivity index (χ1v) is 5.35. The molecule has 0 bridgehead atoms. The quantitative estimate of drug-likeness (QED) is 0.731. The Morgan fingerprint density at radius 3 is 3.18 bits per heavy atom. The van der Waals surface area contributed by atoms with Gasteiger partial charge in [-0.2, -0.15) is 4.98 Å². The molecule has 0 aliphatic carbocycles. The summed E-state index contributed by atoms with van der Waals surface area (Å²) in [4.78, 5) is 8.18. The largest absolute Gasteiger partial charge is 0.371 e. The van der Waals surface area contributed by atoms with Crippen molar-refractivity contribution in [3.05, 3.63) is 42.8 Å². The second-order valence-electron chi connectivity index (χ2n) is 3.58. The van der Waals surface area contributed by atoms with Gasteiger partial charge in [-0.3, -0.25) is 4.40 Å². The molecule has 17 heavy (non-hydrogen) atoms. The van der Waals surface area contributed by atoms with Crippen LogP contribution in [0.4, 0.5) is 5.82 Å². The van der Waals surface area contributed by atoms with Gasteiger partial charge in [0.25, 0.3) is 0 Å². The fourth-order valence-corrected chi connectivity index (χ4v) is 1.70. The summed E-state index contributed by atoms with van der Waals surface area (Å²) < 4.78 is 6.92. The van der Waals surface area contributed by atoms with E-state index in [-0.39, 0.29) is 0 Å². The highest BCUT2D eigenvalue weighted by Crippen LogP contribution is 2.10. The molecule has 0 atom stereocenters.